The van der Waals surface area contributed by atoms with Gasteiger partial charge in [0, 0.05) is 32.1 Å². The van der Waals surface area contributed by atoms with Crippen LogP contribution in [0.3, 0.4) is 0 Å². The second-order valence-corrected chi connectivity index (χ2v) is 5.04. The molecule has 2 amide bonds. The van der Waals surface area contributed by atoms with Crippen LogP contribution < -0.4 is 5.32 Å². The predicted molar refractivity (Wildman–Crippen MR) is 73.1 cm³/mol. The SMILES string of the molecule is CCCN(CC)CCNC(=O)N1CC(CC(=O)O)C1. The lowest BCUT2D eigenvalue weighted by Gasteiger charge is -2.38. The first-order chi connectivity index (χ1) is 9.06. The largest absolute Gasteiger partial charge is 0.481 e. The van der Waals surface area contributed by atoms with Crippen molar-refractivity contribution in [3.8, 4) is 0 Å². The van der Waals surface area contributed by atoms with Gasteiger partial charge in [0.15, 0.2) is 0 Å². The number of hydrogen-bond donors (Lipinski definition) is 2. The van der Waals surface area contributed by atoms with Crippen LogP contribution in [0.25, 0.3) is 0 Å². The Balaban J connectivity index is 2.11. The van der Waals surface area contributed by atoms with Crippen LogP contribution in [0.5, 0.6) is 0 Å². The molecule has 1 heterocycles. The number of carbonyl (C=O) groups is 2. The zero-order valence-corrected chi connectivity index (χ0v) is 11.9. The van der Waals surface area contributed by atoms with Crippen molar-refractivity contribution in [1.29, 1.82) is 0 Å². The lowest BCUT2D eigenvalue weighted by atomic mass is 9.97. The standard InChI is InChI=1S/C13H25N3O3/c1-3-6-15(4-2)7-5-14-13(19)16-9-11(10-16)8-12(17)18/h11H,3-10H2,1-2H3,(H,14,19)(H,17,18). The zero-order chi connectivity index (χ0) is 14.3. The van der Waals surface area contributed by atoms with Gasteiger partial charge < -0.3 is 20.2 Å². The summed E-state index contributed by atoms with van der Waals surface area (Å²) < 4.78 is 0. The zero-order valence-electron chi connectivity index (χ0n) is 11.9. The molecule has 0 saturated carbocycles. The first-order valence-electron chi connectivity index (χ1n) is 7.03. The van der Waals surface area contributed by atoms with Crippen molar-refractivity contribution in [2.75, 3.05) is 39.3 Å². The van der Waals surface area contributed by atoms with Crippen LogP contribution in [-0.4, -0.2) is 66.2 Å². The van der Waals surface area contributed by atoms with Crippen LogP contribution in [0, 0.1) is 5.92 Å². The number of rotatable bonds is 8. The molecule has 0 aromatic carbocycles. The highest BCUT2D eigenvalue weighted by Gasteiger charge is 2.31. The Bertz CT molecular complexity index is 304. The number of nitrogens with zero attached hydrogens (tertiary/aromatic N) is 2. The van der Waals surface area contributed by atoms with E-state index in [0.29, 0.717) is 19.6 Å². The molecular weight excluding hydrogens is 246 g/mol. The van der Waals surface area contributed by atoms with Gasteiger partial charge in [0.1, 0.15) is 0 Å². The Morgan fingerprint density at radius 3 is 2.53 bits per heavy atom. The Morgan fingerprint density at radius 1 is 1.32 bits per heavy atom. The third kappa shape index (κ3) is 5.46. The van der Waals surface area contributed by atoms with E-state index in [2.05, 4.69) is 24.1 Å². The number of likely N-dealkylation sites (N-methyl/N-ethyl adjacent to an activating group) is 1. The predicted octanol–water partition coefficient (Wildman–Crippen LogP) is 0.834. The fraction of sp³-hybridized carbons (Fsp3) is 0.846. The number of amides is 2. The Morgan fingerprint density at radius 2 is 2.00 bits per heavy atom. The first-order valence-corrected chi connectivity index (χ1v) is 7.03. The Kier molecular flexibility index (Phi) is 6.62. The molecule has 6 heteroatoms. The summed E-state index contributed by atoms with van der Waals surface area (Å²) in [6.07, 6.45) is 1.27. The van der Waals surface area contributed by atoms with E-state index in [0.717, 1.165) is 26.1 Å². The molecule has 110 valence electrons. The summed E-state index contributed by atoms with van der Waals surface area (Å²) >= 11 is 0. The molecule has 0 spiro atoms. The highest BCUT2D eigenvalue weighted by atomic mass is 16.4. The minimum atomic E-state index is -0.789. The number of urea groups is 1. The van der Waals surface area contributed by atoms with Gasteiger partial charge in [-0.2, -0.15) is 0 Å². The van der Waals surface area contributed by atoms with Crippen LogP contribution in [-0.2, 0) is 4.79 Å². The normalized spacial score (nSPS) is 15.4. The van der Waals surface area contributed by atoms with Gasteiger partial charge >= 0.3 is 12.0 Å². The van der Waals surface area contributed by atoms with E-state index in [9.17, 15) is 9.59 Å². The summed E-state index contributed by atoms with van der Waals surface area (Å²) in [7, 11) is 0. The highest BCUT2D eigenvalue weighted by molar-refractivity contribution is 5.75. The molecule has 1 rings (SSSR count). The van der Waals surface area contributed by atoms with E-state index in [-0.39, 0.29) is 18.4 Å². The maximum Gasteiger partial charge on any atom is 0.317 e. The van der Waals surface area contributed by atoms with Crippen molar-refractivity contribution in [3.05, 3.63) is 0 Å². The average Bonchev–Trinajstić information content (AvgIpc) is 2.31. The van der Waals surface area contributed by atoms with Gasteiger partial charge in [-0.15, -0.1) is 0 Å². The number of nitrogens with one attached hydrogen (secondary N) is 1. The molecule has 1 aliphatic rings. The third-order valence-electron chi connectivity index (χ3n) is 3.40. The Labute approximate surface area is 114 Å². The van der Waals surface area contributed by atoms with Crippen molar-refractivity contribution in [1.82, 2.24) is 15.1 Å². The smallest absolute Gasteiger partial charge is 0.317 e. The quantitative estimate of drug-likeness (QED) is 0.686. The number of carboxylic acid groups (broad SMARTS) is 1. The summed E-state index contributed by atoms with van der Waals surface area (Å²) in [6.45, 7) is 8.93. The van der Waals surface area contributed by atoms with Crippen LogP contribution in [0.4, 0.5) is 4.79 Å². The summed E-state index contributed by atoms with van der Waals surface area (Å²) in [5.41, 5.74) is 0. The second-order valence-electron chi connectivity index (χ2n) is 5.04. The van der Waals surface area contributed by atoms with Crippen LogP contribution in [0.15, 0.2) is 0 Å². The summed E-state index contributed by atoms with van der Waals surface area (Å²) in [5, 5.41) is 11.5. The molecule has 0 unspecified atom stereocenters. The van der Waals surface area contributed by atoms with Crippen molar-refractivity contribution >= 4 is 12.0 Å². The Hall–Kier alpha value is -1.30. The van der Waals surface area contributed by atoms with Crippen molar-refractivity contribution in [2.24, 2.45) is 5.92 Å². The molecule has 1 aliphatic heterocycles. The van der Waals surface area contributed by atoms with E-state index in [1.165, 1.54) is 0 Å². The van der Waals surface area contributed by atoms with Crippen LogP contribution in [0.2, 0.25) is 0 Å². The molecule has 0 bridgehead atoms. The van der Waals surface area contributed by atoms with Crippen molar-refractivity contribution in [3.63, 3.8) is 0 Å². The number of hydrogen-bond acceptors (Lipinski definition) is 3. The van der Waals surface area contributed by atoms with E-state index in [1.807, 2.05) is 0 Å². The van der Waals surface area contributed by atoms with E-state index in [4.69, 9.17) is 5.11 Å². The topological polar surface area (TPSA) is 72.9 Å². The van der Waals surface area contributed by atoms with E-state index >= 15 is 0 Å². The fourth-order valence-electron chi connectivity index (χ4n) is 2.29. The van der Waals surface area contributed by atoms with Crippen LogP contribution >= 0.6 is 0 Å². The van der Waals surface area contributed by atoms with Gasteiger partial charge in [0.05, 0.1) is 6.42 Å². The molecule has 1 saturated heterocycles. The maximum atomic E-state index is 11.7. The van der Waals surface area contributed by atoms with Crippen molar-refractivity contribution < 1.29 is 14.7 Å². The van der Waals surface area contributed by atoms with Crippen LogP contribution in [0.1, 0.15) is 26.7 Å². The van der Waals surface area contributed by atoms with E-state index < -0.39 is 5.97 Å². The van der Waals surface area contributed by atoms with E-state index in [1.54, 1.807) is 4.90 Å². The molecule has 0 aliphatic carbocycles. The summed E-state index contributed by atoms with van der Waals surface area (Å²) in [5.74, 6) is -0.668. The number of carbonyl (C=O) groups excluding carboxylic acids is 1. The number of aliphatic carboxylic acids is 1. The summed E-state index contributed by atoms with van der Waals surface area (Å²) in [6, 6.07) is -0.0748. The van der Waals surface area contributed by atoms with Gasteiger partial charge in [0.25, 0.3) is 0 Å². The minimum Gasteiger partial charge on any atom is -0.481 e. The second kappa shape index (κ2) is 7.99. The molecule has 0 aromatic heterocycles. The maximum absolute atomic E-state index is 11.7. The highest BCUT2D eigenvalue weighted by Crippen LogP contribution is 2.18. The molecule has 0 atom stereocenters. The van der Waals surface area contributed by atoms with Gasteiger partial charge in [-0.25, -0.2) is 4.79 Å². The lowest BCUT2D eigenvalue weighted by molar-refractivity contribution is -0.139. The van der Waals surface area contributed by atoms with Gasteiger partial charge in [-0.05, 0) is 19.5 Å². The molecule has 0 radical (unpaired) electrons. The van der Waals surface area contributed by atoms with Gasteiger partial charge in [0.2, 0.25) is 0 Å². The number of carboxylic acids is 1. The van der Waals surface area contributed by atoms with Gasteiger partial charge in [-0.3, -0.25) is 4.79 Å². The fourth-order valence-corrected chi connectivity index (χ4v) is 2.29. The molecule has 1 fully saturated rings. The lowest BCUT2D eigenvalue weighted by Crippen LogP contribution is -2.54. The molecular formula is C13H25N3O3. The molecule has 6 nitrogen and oxygen atoms in total. The summed E-state index contributed by atoms with van der Waals surface area (Å²) in [4.78, 5) is 26.2. The number of likely N-dealkylation sites (tertiary alicyclic amines) is 1. The monoisotopic (exact) mass is 271 g/mol. The third-order valence-corrected chi connectivity index (χ3v) is 3.40. The average molecular weight is 271 g/mol. The van der Waals surface area contributed by atoms with Crippen molar-refractivity contribution in [2.45, 2.75) is 26.7 Å². The molecule has 19 heavy (non-hydrogen) atoms. The molecule has 0 aromatic rings. The minimum absolute atomic E-state index is 0.0748. The van der Waals surface area contributed by atoms with Gasteiger partial charge in [-0.1, -0.05) is 13.8 Å². The first kappa shape index (κ1) is 15.8. The molecule has 2 N–H and O–H groups in total.